The van der Waals surface area contributed by atoms with Gasteiger partial charge in [-0.05, 0) is 94.1 Å². The number of H-pyrrole nitrogens is 1. The van der Waals surface area contributed by atoms with Gasteiger partial charge < -0.3 is 14.6 Å². The van der Waals surface area contributed by atoms with Crippen LogP contribution in [-0.2, 0) is 0 Å². The number of hydrogen-bond donors (Lipinski definition) is 1. The fraction of sp³-hybridized carbons (Fsp3) is 0.636. The first-order chi connectivity index (χ1) is 12.4. The highest BCUT2D eigenvalue weighted by atomic mass is 16.5. The maximum atomic E-state index is 6.32. The first kappa shape index (κ1) is 15.7. The molecule has 0 amide bonds. The van der Waals surface area contributed by atoms with Crippen LogP contribution in [0.25, 0.3) is 10.9 Å². The van der Waals surface area contributed by atoms with Gasteiger partial charge in [-0.25, -0.2) is 0 Å². The van der Waals surface area contributed by atoms with Crippen LogP contribution in [0, 0.1) is 0 Å². The van der Waals surface area contributed by atoms with Crippen LogP contribution in [0.1, 0.15) is 69.3 Å². The molecular weight excluding hydrogens is 308 g/mol. The number of nitrogens with zero attached hydrogens (tertiary/aromatic N) is 1. The van der Waals surface area contributed by atoms with Gasteiger partial charge in [-0.1, -0.05) is 6.42 Å². The molecule has 3 aliphatic rings. The summed E-state index contributed by atoms with van der Waals surface area (Å²) >= 11 is 0. The van der Waals surface area contributed by atoms with Crippen molar-refractivity contribution in [1.82, 2.24) is 9.88 Å². The first-order valence-electron chi connectivity index (χ1n) is 10.4. The van der Waals surface area contributed by atoms with Crippen molar-refractivity contribution in [3.8, 4) is 5.75 Å². The highest BCUT2D eigenvalue weighted by Crippen LogP contribution is 2.39. The van der Waals surface area contributed by atoms with Gasteiger partial charge in [0, 0.05) is 23.1 Å². The number of aromatic nitrogens is 1. The van der Waals surface area contributed by atoms with Crippen LogP contribution in [0.5, 0.6) is 5.75 Å². The predicted octanol–water partition coefficient (Wildman–Crippen LogP) is 5.22. The zero-order valence-electron chi connectivity index (χ0n) is 15.2. The lowest BCUT2D eigenvalue weighted by Gasteiger charge is -2.34. The van der Waals surface area contributed by atoms with Crippen LogP contribution in [0.4, 0.5) is 0 Å². The molecule has 0 spiro atoms. The maximum absolute atomic E-state index is 6.32. The Morgan fingerprint density at radius 1 is 0.960 bits per heavy atom. The fourth-order valence-corrected chi connectivity index (χ4v) is 5.41. The number of piperidine rings is 1. The quantitative estimate of drug-likeness (QED) is 0.831. The van der Waals surface area contributed by atoms with E-state index in [2.05, 4.69) is 34.3 Å². The molecule has 2 saturated heterocycles. The molecular formula is C22H30N2O. The molecule has 2 atom stereocenters. The van der Waals surface area contributed by atoms with Crippen molar-refractivity contribution in [3.63, 3.8) is 0 Å². The SMILES string of the molecule is c1cc2[nH]cc([C@H]3CCN4CCC[C@H]4C3)c2cc1OC1CCCCC1. The lowest BCUT2D eigenvalue weighted by atomic mass is 9.85. The molecule has 5 rings (SSSR count). The maximum Gasteiger partial charge on any atom is 0.120 e. The minimum absolute atomic E-state index is 0.426. The van der Waals surface area contributed by atoms with Gasteiger partial charge in [0.05, 0.1) is 6.10 Å². The summed E-state index contributed by atoms with van der Waals surface area (Å²) < 4.78 is 6.32. The van der Waals surface area contributed by atoms with Crippen LogP contribution in [0.15, 0.2) is 24.4 Å². The van der Waals surface area contributed by atoms with Crippen molar-refractivity contribution in [2.75, 3.05) is 13.1 Å². The van der Waals surface area contributed by atoms with E-state index in [0.29, 0.717) is 12.0 Å². The fourth-order valence-electron chi connectivity index (χ4n) is 5.41. The number of hydrogen-bond acceptors (Lipinski definition) is 2. The van der Waals surface area contributed by atoms with E-state index < -0.39 is 0 Å². The molecule has 0 bridgehead atoms. The predicted molar refractivity (Wildman–Crippen MR) is 102 cm³/mol. The molecule has 25 heavy (non-hydrogen) atoms. The van der Waals surface area contributed by atoms with Crippen LogP contribution in [0.2, 0.25) is 0 Å². The summed E-state index contributed by atoms with van der Waals surface area (Å²) in [4.78, 5) is 6.22. The Morgan fingerprint density at radius 3 is 2.80 bits per heavy atom. The molecule has 3 heteroatoms. The largest absolute Gasteiger partial charge is 0.490 e. The Kier molecular flexibility index (Phi) is 4.21. The van der Waals surface area contributed by atoms with E-state index in [1.54, 1.807) is 0 Å². The van der Waals surface area contributed by atoms with Gasteiger partial charge >= 0.3 is 0 Å². The molecule has 3 nitrogen and oxygen atoms in total. The molecule has 134 valence electrons. The Labute approximate surface area is 150 Å². The lowest BCUT2D eigenvalue weighted by Crippen LogP contribution is -2.37. The topological polar surface area (TPSA) is 28.3 Å². The van der Waals surface area contributed by atoms with E-state index >= 15 is 0 Å². The molecule has 2 aliphatic heterocycles. The number of aromatic amines is 1. The highest BCUT2D eigenvalue weighted by Gasteiger charge is 2.33. The summed E-state index contributed by atoms with van der Waals surface area (Å²) in [6.07, 6.45) is 14.6. The minimum Gasteiger partial charge on any atom is -0.490 e. The van der Waals surface area contributed by atoms with Crippen LogP contribution in [0.3, 0.4) is 0 Å². The van der Waals surface area contributed by atoms with Crippen molar-refractivity contribution in [1.29, 1.82) is 0 Å². The number of rotatable bonds is 3. The van der Waals surface area contributed by atoms with E-state index in [-0.39, 0.29) is 0 Å². The normalized spacial score (nSPS) is 28.3. The molecule has 0 radical (unpaired) electrons. The summed E-state index contributed by atoms with van der Waals surface area (Å²) in [5.41, 5.74) is 2.79. The van der Waals surface area contributed by atoms with Crippen molar-refractivity contribution >= 4 is 10.9 Å². The summed E-state index contributed by atoms with van der Waals surface area (Å²) in [5.74, 6) is 1.77. The summed E-state index contributed by atoms with van der Waals surface area (Å²) in [6, 6.07) is 7.49. The second-order valence-corrected chi connectivity index (χ2v) is 8.38. The molecule has 3 heterocycles. The van der Waals surface area contributed by atoms with Crippen molar-refractivity contribution in [3.05, 3.63) is 30.0 Å². The Balaban J connectivity index is 1.38. The van der Waals surface area contributed by atoms with Gasteiger partial charge in [-0.3, -0.25) is 0 Å². The Hall–Kier alpha value is -1.48. The summed E-state index contributed by atoms with van der Waals surface area (Å²) in [5, 5.41) is 1.39. The lowest BCUT2D eigenvalue weighted by molar-refractivity contribution is 0.155. The van der Waals surface area contributed by atoms with E-state index in [1.807, 2.05) is 0 Å². The van der Waals surface area contributed by atoms with Crippen molar-refractivity contribution in [2.24, 2.45) is 0 Å². The molecule has 1 saturated carbocycles. The molecule has 1 aromatic heterocycles. The van der Waals surface area contributed by atoms with E-state index in [0.717, 1.165) is 11.8 Å². The second-order valence-electron chi connectivity index (χ2n) is 8.38. The van der Waals surface area contributed by atoms with Gasteiger partial charge in [0.25, 0.3) is 0 Å². The highest BCUT2D eigenvalue weighted by molar-refractivity contribution is 5.85. The van der Waals surface area contributed by atoms with Crippen molar-refractivity contribution < 1.29 is 4.74 Å². The Morgan fingerprint density at radius 2 is 1.88 bits per heavy atom. The van der Waals surface area contributed by atoms with Gasteiger partial charge in [0.2, 0.25) is 0 Å². The number of ether oxygens (including phenoxy) is 1. The Bertz CT molecular complexity index is 731. The number of benzene rings is 1. The van der Waals surface area contributed by atoms with Crippen LogP contribution in [-0.4, -0.2) is 35.1 Å². The van der Waals surface area contributed by atoms with Gasteiger partial charge in [-0.15, -0.1) is 0 Å². The molecule has 2 aromatic rings. The van der Waals surface area contributed by atoms with Gasteiger partial charge in [0.15, 0.2) is 0 Å². The van der Waals surface area contributed by atoms with Gasteiger partial charge in [-0.2, -0.15) is 0 Å². The third-order valence-corrected chi connectivity index (χ3v) is 6.80. The molecule has 0 unspecified atom stereocenters. The van der Waals surface area contributed by atoms with E-state index in [1.165, 1.54) is 87.3 Å². The third-order valence-electron chi connectivity index (χ3n) is 6.80. The second kappa shape index (κ2) is 6.68. The molecule has 1 aliphatic carbocycles. The molecule has 1 aromatic carbocycles. The zero-order chi connectivity index (χ0) is 16.6. The van der Waals surface area contributed by atoms with Crippen LogP contribution >= 0.6 is 0 Å². The molecule has 3 fully saturated rings. The van der Waals surface area contributed by atoms with E-state index in [9.17, 15) is 0 Å². The summed E-state index contributed by atoms with van der Waals surface area (Å²) in [7, 11) is 0. The van der Waals surface area contributed by atoms with E-state index in [4.69, 9.17) is 4.74 Å². The zero-order valence-corrected chi connectivity index (χ0v) is 15.2. The van der Waals surface area contributed by atoms with Crippen molar-refractivity contribution in [2.45, 2.75) is 75.9 Å². The smallest absolute Gasteiger partial charge is 0.120 e. The van der Waals surface area contributed by atoms with Gasteiger partial charge in [0.1, 0.15) is 5.75 Å². The van der Waals surface area contributed by atoms with Crippen LogP contribution < -0.4 is 4.74 Å². The number of fused-ring (bicyclic) bond motifs is 2. The third kappa shape index (κ3) is 3.08. The average molecular weight is 338 g/mol. The monoisotopic (exact) mass is 338 g/mol. The average Bonchev–Trinajstić information content (AvgIpc) is 3.28. The standard InChI is InChI=1S/C22H30N2O/c1-2-6-18(7-3-1)25-19-8-9-22-20(14-19)21(15-23-22)16-10-12-24-11-4-5-17(24)13-16/h8-9,14-18,23H,1-7,10-13H2/t16-,17-/m0/s1. The molecule has 1 N–H and O–H groups in total. The minimum atomic E-state index is 0.426. The number of nitrogens with one attached hydrogen (secondary N) is 1. The first-order valence-corrected chi connectivity index (χ1v) is 10.4. The summed E-state index contributed by atoms with van der Waals surface area (Å²) in [6.45, 7) is 2.60.